The fraction of sp³-hybridized carbons (Fsp3) is 0.522. The molecule has 0 amide bonds. The first-order valence-electron chi connectivity index (χ1n) is 10.2. The summed E-state index contributed by atoms with van der Waals surface area (Å²) in [4.78, 5) is 38.5. The molecule has 29 heavy (non-hydrogen) atoms. The predicted molar refractivity (Wildman–Crippen MR) is 98.6 cm³/mol. The van der Waals surface area contributed by atoms with E-state index in [-0.39, 0.29) is 70.7 Å². The normalized spacial score (nSPS) is 43.5. The number of ketones is 1. The number of hydrogen-bond donors (Lipinski definition) is 0. The molecule has 7 rings (SSSR count). The van der Waals surface area contributed by atoms with Gasteiger partial charge in [0, 0.05) is 5.41 Å². The van der Waals surface area contributed by atoms with Gasteiger partial charge in [-0.1, -0.05) is 12.1 Å². The highest BCUT2D eigenvalue weighted by molar-refractivity contribution is 6.25. The summed E-state index contributed by atoms with van der Waals surface area (Å²) in [6.45, 7) is 3.48. The Morgan fingerprint density at radius 1 is 1.07 bits per heavy atom. The summed E-state index contributed by atoms with van der Waals surface area (Å²) in [5.41, 5.74) is 0.0630. The Hall–Kier alpha value is -2.50. The van der Waals surface area contributed by atoms with E-state index in [0.717, 1.165) is 0 Å². The van der Waals surface area contributed by atoms with E-state index in [1.165, 1.54) is 19.3 Å². The zero-order valence-corrected chi connectivity index (χ0v) is 16.4. The van der Waals surface area contributed by atoms with Gasteiger partial charge in [0.15, 0.2) is 5.78 Å². The Balaban J connectivity index is 1.35. The Morgan fingerprint density at radius 3 is 2.21 bits per heavy atom. The summed E-state index contributed by atoms with van der Waals surface area (Å²) < 4.78 is 24.2. The van der Waals surface area contributed by atoms with Gasteiger partial charge in [0.1, 0.15) is 11.4 Å². The smallest absolute Gasteiger partial charge is 0.341 e. The van der Waals surface area contributed by atoms with E-state index in [4.69, 9.17) is 9.47 Å². The van der Waals surface area contributed by atoms with Gasteiger partial charge in [0.05, 0.1) is 19.1 Å². The zero-order chi connectivity index (χ0) is 20.5. The lowest BCUT2D eigenvalue weighted by molar-refractivity contribution is -0.625. The molecule has 6 saturated carbocycles. The van der Waals surface area contributed by atoms with Crippen LogP contribution in [0, 0.1) is 59.1 Å². The first-order chi connectivity index (χ1) is 13.9. The molecule has 0 aromatic heterocycles. The molecule has 6 heteroatoms. The molecule has 5 nitrogen and oxygen atoms in total. The fourth-order valence-electron chi connectivity index (χ4n) is 8.16. The summed E-state index contributed by atoms with van der Waals surface area (Å²) in [5.74, 6) is -0.0974. The second-order valence-corrected chi connectivity index (χ2v) is 9.07. The molecule has 6 aliphatic carbocycles. The molecule has 1 aromatic carbocycles. The number of carbonyl (C=O) groups excluding carboxylic acids is 3. The molecule has 1 aromatic rings. The van der Waals surface area contributed by atoms with Gasteiger partial charge in [-0.25, -0.2) is 9.18 Å². The standard InChI is InChI=1S/C23H21FO5/c1-4-29-20(26)11(8-10-6-5-7-12(24)9(10)2)19(25)22-13-16-14(22)18-15(22)17(13)23(16,18)21(27)28-3/h5-8,13-18H,4H2,1-3H3. The van der Waals surface area contributed by atoms with Crippen molar-refractivity contribution in [1.82, 2.24) is 0 Å². The molecule has 0 unspecified atom stereocenters. The lowest BCUT2D eigenvalue weighted by Crippen LogP contribution is -3.12. The van der Waals surface area contributed by atoms with Crippen molar-refractivity contribution >= 4 is 23.8 Å². The van der Waals surface area contributed by atoms with Gasteiger partial charge < -0.3 is 9.47 Å². The van der Waals surface area contributed by atoms with Crippen molar-refractivity contribution in [1.29, 1.82) is 0 Å². The van der Waals surface area contributed by atoms with Crippen LogP contribution in [0.2, 0.25) is 0 Å². The van der Waals surface area contributed by atoms with Crippen LogP contribution in [0.3, 0.4) is 0 Å². The number of halogens is 1. The molecule has 6 aliphatic rings. The molecule has 150 valence electrons. The molecular weight excluding hydrogens is 375 g/mol. The molecule has 0 radical (unpaired) electrons. The Kier molecular flexibility index (Phi) is 2.98. The number of benzene rings is 1. The number of hydrogen-bond acceptors (Lipinski definition) is 5. The minimum Gasteiger partial charge on any atom is -0.469 e. The molecular formula is C23H21FO5. The minimum atomic E-state index is -0.655. The molecule has 0 heterocycles. The molecule has 0 N–H and O–H groups in total. The maximum Gasteiger partial charge on any atom is 0.341 e. The van der Waals surface area contributed by atoms with E-state index < -0.39 is 11.4 Å². The third-order valence-electron chi connectivity index (χ3n) is 8.91. The number of methoxy groups -OCH3 is 1. The Labute approximate surface area is 167 Å². The first-order valence-corrected chi connectivity index (χ1v) is 10.2. The van der Waals surface area contributed by atoms with Crippen molar-refractivity contribution in [2.45, 2.75) is 13.8 Å². The molecule has 0 spiro atoms. The summed E-state index contributed by atoms with van der Waals surface area (Å²) >= 11 is 0. The van der Waals surface area contributed by atoms with E-state index in [2.05, 4.69) is 0 Å². The Bertz CT molecular complexity index is 1000. The minimum absolute atomic E-state index is 0.00312. The van der Waals surface area contributed by atoms with Crippen LogP contribution in [0.25, 0.3) is 6.08 Å². The van der Waals surface area contributed by atoms with Crippen LogP contribution < -0.4 is 0 Å². The topological polar surface area (TPSA) is 69.7 Å². The maximum atomic E-state index is 14.0. The van der Waals surface area contributed by atoms with E-state index in [1.54, 1.807) is 26.0 Å². The van der Waals surface area contributed by atoms with Gasteiger partial charge in [0.2, 0.25) is 0 Å². The van der Waals surface area contributed by atoms with Gasteiger partial charge in [-0.05, 0) is 72.6 Å². The fourth-order valence-corrected chi connectivity index (χ4v) is 8.16. The first kappa shape index (κ1) is 17.4. The van der Waals surface area contributed by atoms with Gasteiger partial charge in [-0.3, -0.25) is 9.59 Å². The summed E-state index contributed by atoms with van der Waals surface area (Å²) in [6, 6.07) is 4.60. The van der Waals surface area contributed by atoms with Gasteiger partial charge in [0.25, 0.3) is 0 Å². The van der Waals surface area contributed by atoms with E-state index in [9.17, 15) is 18.8 Å². The maximum absolute atomic E-state index is 14.0. The van der Waals surface area contributed by atoms with Gasteiger partial charge in [-0.2, -0.15) is 0 Å². The largest absolute Gasteiger partial charge is 0.469 e. The monoisotopic (exact) mass is 396 g/mol. The van der Waals surface area contributed by atoms with Crippen molar-refractivity contribution in [3.8, 4) is 0 Å². The van der Waals surface area contributed by atoms with Crippen LogP contribution in [0.5, 0.6) is 0 Å². The van der Waals surface area contributed by atoms with Crippen molar-refractivity contribution in [2.75, 3.05) is 13.7 Å². The van der Waals surface area contributed by atoms with Gasteiger partial charge in [-0.15, -0.1) is 0 Å². The summed E-state index contributed by atoms with van der Waals surface area (Å²) in [5, 5.41) is 0. The van der Waals surface area contributed by atoms with Crippen molar-refractivity contribution in [3.05, 3.63) is 40.7 Å². The zero-order valence-electron chi connectivity index (χ0n) is 16.4. The van der Waals surface area contributed by atoms with Crippen molar-refractivity contribution < 1.29 is 28.2 Å². The predicted octanol–water partition coefficient (Wildman–Crippen LogP) is 2.56. The van der Waals surface area contributed by atoms with E-state index in [1.807, 2.05) is 0 Å². The number of carbonyl (C=O) groups is 3. The molecule has 0 aliphatic heterocycles. The molecule has 0 bridgehead atoms. The molecule has 0 saturated heterocycles. The highest BCUT2D eigenvalue weighted by Crippen LogP contribution is 3.10. The molecule has 6 fully saturated rings. The third kappa shape index (κ3) is 1.39. The highest BCUT2D eigenvalue weighted by atomic mass is 19.1. The van der Waals surface area contributed by atoms with Crippen molar-refractivity contribution in [3.63, 3.8) is 0 Å². The number of rotatable bonds is 6. The second kappa shape index (κ2) is 4.97. The number of ether oxygens (including phenoxy) is 2. The van der Waals surface area contributed by atoms with Crippen LogP contribution in [0.4, 0.5) is 4.39 Å². The number of Topliss-reactive ketones (excluding diaryl/α,β-unsaturated/α-hetero) is 1. The SMILES string of the molecule is CCOC(=O)C(=Cc1cccc(F)c1C)C(=O)C12C3C4C1C1C2C3C41C(=O)OC. The van der Waals surface area contributed by atoms with Gasteiger partial charge >= 0.3 is 11.9 Å². The van der Waals surface area contributed by atoms with Crippen molar-refractivity contribution in [2.24, 2.45) is 46.3 Å². The average molecular weight is 396 g/mol. The number of esters is 2. The lowest BCUT2D eigenvalue weighted by atomic mass is 8.92. The average Bonchev–Trinajstić information content (AvgIpc) is 2.73. The molecule has 0 atom stereocenters. The van der Waals surface area contributed by atoms with Crippen LogP contribution in [0.1, 0.15) is 18.1 Å². The van der Waals surface area contributed by atoms with Crippen LogP contribution >= 0.6 is 0 Å². The third-order valence-corrected chi connectivity index (χ3v) is 8.91. The Morgan fingerprint density at radius 2 is 1.66 bits per heavy atom. The summed E-state index contributed by atoms with van der Waals surface area (Å²) in [6.07, 6.45) is 1.48. The van der Waals surface area contributed by atoms with Crippen LogP contribution in [-0.2, 0) is 23.9 Å². The van der Waals surface area contributed by atoms with Crippen LogP contribution in [0.15, 0.2) is 23.8 Å². The summed E-state index contributed by atoms with van der Waals surface area (Å²) in [7, 11) is 1.42. The highest BCUT2D eigenvalue weighted by Gasteiger charge is 3.13. The van der Waals surface area contributed by atoms with Crippen LogP contribution in [-0.4, -0.2) is 31.4 Å². The lowest BCUT2D eigenvalue weighted by Gasteiger charge is -3.09. The quantitative estimate of drug-likeness (QED) is 0.320. The van der Waals surface area contributed by atoms with E-state index >= 15 is 0 Å². The van der Waals surface area contributed by atoms with E-state index in [0.29, 0.717) is 11.1 Å². The second-order valence-electron chi connectivity index (χ2n) is 9.07.